The molecule has 2 aliphatic heterocycles. The molecule has 2 atom stereocenters. The van der Waals surface area contributed by atoms with E-state index >= 15 is 0 Å². The number of amides is 5. The molecule has 20 nitrogen and oxygen atoms in total. The van der Waals surface area contributed by atoms with Crippen LogP contribution in [0.25, 0.3) is 22.3 Å². The Hall–Kier alpha value is -7.56. The number of nitrogens with one attached hydrogen (secondary N) is 6. The topological polar surface area (TPSA) is 293 Å². The summed E-state index contributed by atoms with van der Waals surface area (Å²) in [5.74, 6) is -4.41. The van der Waals surface area contributed by atoms with Crippen LogP contribution in [0.1, 0.15) is 46.7 Å². The zero-order valence-electron chi connectivity index (χ0n) is 35.3. The summed E-state index contributed by atoms with van der Waals surface area (Å²) in [6.45, 7) is 0.712. The van der Waals surface area contributed by atoms with Crippen molar-refractivity contribution in [3.05, 3.63) is 122 Å². The number of ether oxygens (including phenoxy) is 1. The molecule has 5 amide bonds. The highest BCUT2D eigenvalue weighted by molar-refractivity contribution is 7.89. The van der Waals surface area contributed by atoms with Crippen LogP contribution in [0, 0.1) is 12.7 Å². The van der Waals surface area contributed by atoms with Crippen LogP contribution < -0.4 is 36.9 Å². The van der Waals surface area contributed by atoms with Gasteiger partial charge >= 0.3 is 12.1 Å². The molecule has 3 aromatic carbocycles. The fourth-order valence-corrected chi connectivity index (χ4v) is 8.65. The van der Waals surface area contributed by atoms with Gasteiger partial charge in [0.25, 0.3) is 5.56 Å². The first-order valence-corrected chi connectivity index (χ1v) is 21.9. The van der Waals surface area contributed by atoms with Crippen molar-refractivity contribution in [1.82, 2.24) is 35.5 Å². The van der Waals surface area contributed by atoms with Gasteiger partial charge in [-0.15, -0.1) is 0 Å². The number of anilines is 1. The Balaban J connectivity index is 1.03. The van der Waals surface area contributed by atoms with E-state index in [0.29, 0.717) is 22.1 Å². The molecule has 0 aliphatic carbocycles. The second-order valence-electron chi connectivity index (χ2n) is 15.5. The summed E-state index contributed by atoms with van der Waals surface area (Å²) in [6.07, 6.45) is -1.48. The van der Waals surface area contributed by atoms with Gasteiger partial charge in [0.2, 0.25) is 33.7 Å². The van der Waals surface area contributed by atoms with Gasteiger partial charge in [-0.2, -0.15) is 0 Å². The van der Waals surface area contributed by atoms with E-state index in [4.69, 9.17) is 9.84 Å². The van der Waals surface area contributed by atoms with Gasteiger partial charge in [0.15, 0.2) is 5.60 Å². The molecule has 0 fully saturated rings. The summed E-state index contributed by atoms with van der Waals surface area (Å²) >= 11 is 0. The van der Waals surface area contributed by atoms with Crippen molar-refractivity contribution in [3.8, 4) is 11.4 Å². The molecule has 0 spiro atoms. The van der Waals surface area contributed by atoms with Gasteiger partial charge in [0.1, 0.15) is 18.5 Å². The smallest absolute Gasteiger partial charge is 0.405 e. The highest BCUT2D eigenvalue weighted by Crippen LogP contribution is 2.40. The third-order valence-electron chi connectivity index (χ3n) is 11.2. The van der Waals surface area contributed by atoms with Crippen LogP contribution in [0.15, 0.2) is 82.5 Å². The van der Waals surface area contributed by atoms with Gasteiger partial charge in [-0.05, 0) is 66.4 Å². The van der Waals surface area contributed by atoms with E-state index in [1.807, 2.05) is 5.32 Å². The van der Waals surface area contributed by atoms with Crippen LogP contribution in [-0.2, 0) is 70.5 Å². The minimum atomic E-state index is -4.26. The van der Waals surface area contributed by atoms with Crippen molar-refractivity contribution in [3.63, 3.8) is 0 Å². The summed E-state index contributed by atoms with van der Waals surface area (Å²) in [7, 11) is -4.26. The number of hydrogen-bond donors (Lipinski definition) is 8. The normalized spacial score (nSPS) is 15.4. The Morgan fingerprint density at radius 3 is 2.30 bits per heavy atom. The maximum absolute atomic E-state index is 14.9. The van der Waals surface area contributed by atoms with Crippen molar-refractivity contribution in [1.29, 1.82) is 0 Å². The second kappa shape index (κ2) is 18.9. The molecule has 2 aliphatic rings. The lowest BCUT2D eigenvalue weighted by molar-refractivity contribution is -0.172. The van der Waals surface area contributed by atoms with E-state index in [9.17, 15) is 51.5 Å². The highest BCUT2D eigenvalue weighted by atomic mass is 32.2. The number of aliphatic hydroxyl groups is 1. The summed E-state index contributed by atoms with van der Waals surface area (Å²) < 4.78 is 51.5. The lowest BCUT2D eigenvalue weighted by Gasteiger charge is -2.31. The number of cyclic esters (lactones) is 1. The first-order valence-electron chi connectivity index (χ1n) is 20.4. The van der Waals surface area contributed by atoms with Crippen molar-refractivity contribution < 1.29 is 56.5 Å². The molecule has 5 aromatic rings. The number of carboxylic acid groups (broad SMARTS) is 1. The molecule has 0 saturated carbocycles. The van der Waals surface area contributed by atoms with Crippen LogP contribution >= 0.6 is 0 Å². The Kier molecular flexibility index (Phi) is 13.3. The molecule has 0 bridgehead atoms. The molecule has 4 heterocycles. The molecule has 22 heteroatoms. The number of aryl methyl sites for hydroxylation is 1. The molecule has 2 aromatic heterocycles. The number of rotatable bonds is 16. The number of carbonyl (C=O) groups is 6. The lowest BCUT2D eigenvalue weighted by Crippen LogP contribution is -2.52. The Bertz CT molecular complexity index is 2980. The number of benzene rings is 3. The van der Waals surface area contributed by atoms with E-state index in [-0.39, 0.29) is 76.7 Å². The third-order valence-corrected chi connectivity index (χ3v) is 12.6. The maximum Gasteiger partial charge on any atom is 0.405 e. The van der Waals surface area contributed by atoms with Crippen LogP contribution in [-0.4, -0.2) is 89.5 Å². The number of hydrogen-bond acceptors (Lipinski definition) is 12. The number of carbonyl (C=O) groups excluding carboxylic acids is 5. The van der Waals surface area contributed by atoms with Crippen molar-refractivity contribution in [2.45, 2.75) is 62.9 Å². The minimum Gasteiger partial charge on any atom is -0.465 e. The van der Waals surface area contributed by atoms with Crippen molar-refractivity contribution in [2.75, 3.05) is 25.0 Å². The van der Waals surface area contributed by atoms with E-state index in [1.165, 1.54) is 47.0 Å². The van der Waals surface area contributed by atoms with Crippen LogP contribution in [0.2, 0.25) is 0 Å². The third kappa shape index (κ3) is 9.74. The number of halogens is 1. The monoisotopic (exact) mass is 926 g/mol. The quantitative estimate of drug-likeness (QED) is 0.0634. The number of fused-ring (bicyclic) bond motifs is 5. The first kappa shape index (κ1) is 46.4. The zero-order chi connectivity index (χ0) is 47.5. The Morgan fingerprint density at radius 1 is 0.909 bits per heavy atom. The van der Waals surface area contributed by atoms with Crippen molar-refractivity contribution in [2.24, 2.45) is 0 Å². The van der Waals surface area contributed by atoms with Crippen LogP contribution in [0.4, 0.5) is 14.9 Å². The summed E-state index contributed by atoms with van der Waals surface area (Å²) in [5, 5.41) is 32.0. The number of pyridine rings is 2. The van der Waals surface area contributed by atoms with Gasteiger partial charge in [-0.3, -0.25) is 24.0 Å². The fraction of sp³-hybridized carbons (Fsp3) is 0.273. The number of aromatic nitrogens is 2. The molecule has 7 rings (SSSR count). The molecule has 8 N–H and O–H groups in total. The number of sulfonamides is 1. The van der Waals surface area contributed by atoms with Crippen LogP contribution in [0.5, 0.6) is 0 Å². The predicted molar refractivity (Wildman–Crippen MR) is 232 cm³/mol. The Labute approximate surface area is 375 Å². The van der Waals surface area contributed by atoms with E-state index < -0.39 is 88.4 Å². The number of esters is 1. The van der Waals surface area contributed by atoms with Crippen LogP contribution in [0.3, 0.4) is 0 Å². The molecule has 1 unspecified atom stereocenters. The largest absolute Gasteiger partial charge is 0.465 e. The van der Waals surface area contributed by atoms with Gasteiger partial charge in [0, 0.05) is 41.2 Å². The minimum absolute atomic E-state index is 0.0230. The average molecular weight is 927 g/mol. The van der Waals surface area contributed by atoms with Gasteiger partial charge < -0.3 is 46.1 Å². The van der Waals surface area contributed by atoms with E-state index in [1.54, 1.807) is 44.2 Å². The van der Waals surface area contributed by atoms with Gasteiger partial charge in [-0.1, -0.05) is 37.3 Å². The first-order chi connectivity index (χ1) is 31.4. The van der Waals surface area contributed by atoms with E-state index in [0.717, 1.165) is 0 Å². The lowest BCUT2D eigenvalue weighted by atomic mass is 9.86. The fourth-order valence-electron chi connectivity index (χ4n) is 7.66. The molecular weight excluding hydrogens is 884 g/mol. The van der Waals surface area contributed by atoms with Gasteiger partial charge in [0.05, 0.1) is 53.5 Å². The second-order valence-corrected chi connectivity index (χ2v) is 17.3. The maximum atomic E-state index is 14.9. The highest BCUT2D eigenvalue weighted by Gasteiger charge is 2.45. The molecular formula is C44H43FN8O12S. The molecule has 344 valence electrons. The zero-order valence-corrected chi connectivity index (χ0v) is 36.1. The average Bonchev–Trinajstić information content (AvgIpc) is 3.66. The SMILES string of the molecule is CC[C@@]1(O)C(=O)OCc2c1cc1n(c2=O)Cc2c-1nc1cc(F)c(C)cc1c2CNS(=O)(=O)c1ccc(NC(=O)CNC(=O)C(Cc2ccccc2)NC(=O)CNC(=O)CNC(=O)O)cc1. The summed E-state index contributed by atoms with van der Waals surface area (Å²) in [4.78, 5) is 92.2. The summed E-state index contributed by atoms with van der Waals surface area (Å²) in [5.41, 5.74) is 0.254. The molecule has 66 heavy (non-hydrogen) atoms. The standard InChI is InChI=1S/C44H43FN8O12S/c1-3-44(62)31-15-35-39-29(21-53(35)41(58)30(31)22-65-42(44)59)28(27-13-23(2)32(45)16-33(27)52-39)17-49-66(63,64)26-11-9-25(10-12-26)50-37(55)20-47-40(57)34(14-24-7-5-4-6-8-24)51-38(56)19-46-36(54)18-48-43(60)61/h4-13,15-16,34,48-49,62H,3,14,17-22H2,1-2H3,(H,46,54)(H,47,57)(H,50,55)(H,51,56)(H,60,61)/t34?,44-/m0/s1. The van der Waals surface area contributed by atoms with Crippen molar-refractivity contribution >= 4 is 62.3 Å². The predicted octanol–water partition coefficient (Wildman–Crippen LogP) is 1.17. The van der Waals surface area contributed by atoms with Gasteiger partial charge in [-0.25, -0.2) is 32.1 Å². The summed E-state index contributed by atoms with van der Waals surface area (Å²) in [6, 6.07) is 16.9. The molecule has 0 saturated heterocycles. The number of nitrogens with zero attached hydrogens (tertiary/aromatic N) is 2. The molecule has 0 radical (unpaired) electrons. The Morgan fingerprint density at radius 2 is 1.61 bits per heavy atom. The van der Waals surface area contributed by atoms with E-state index in [2.05, 4.69) is 31.0 Å².